The number of fused-ring (bicyclic) bond motifs is 2. The van der Waals surface area contributed by atoms with Crippen LogP contribution < -0.4 is 10.9 Å². The molecule has 2 aromatic heterocycles. The molecule has 3 N–H and O–H groups in total. The number of H-pyrrole nitrogens is 1. The highest BCUT2D eigenvalue weighted by Gasteiger charge is 2.13. The Morgan fingerprint density at radius 2 is 2.00 bits per heavy atom. The second-order valence-corrected chi connectivity index (χ2v) is 5.90. The third-order valence-electron chi connectivity index (χ3n) is 4.08. The van der Waals surface area contributed by atoms with Gasteiger partial charge in [-0.1, -0.05) is 12.1 Å². The summed E-state index contributed by atoms with van der Waals surface area (Å²) in [7, 11) is 0. The van der Waals surface area contributed by atoms with E-state index in [1.54, 1.807) is 13.0 Å². The molecule has 8 heteroatoms. The number of aromatic hydroxyl groups is 1. The van der Waals surface area contributed by atoms with Crippen molar-refractivity contribution in [3.05, 3.63) is 58.6 Å². The number of phenols is 1. The highest BCUT2D eigenvalue weighted by molar-refractivity contribution is 5.91. The largest absolute Gasteiger partial charge is 0.508 e. The van der Waals surface area contributed by atoms with E-state index in [9.17, 15) is 14.7 Å². The predicted molar refractivity (Wildman–Crippen MR) is 97.1 cm³/mol. The number of aromatic amines is 1. The molecule has 2 heterocycles. The molecule has 0 aliphatic carbocycles. The fourth-order valence-electron chi connectivity index (χ4n) is 2.83. The van der Waals surface area contributed by atoms with Gasteiger partial charge in [0.2, 0.25) is 11.9 Å². The van der Waals surface area contributed by atoms with Crippen molar-refractivity contribution in [2.75, 3.05) is 5.32 Å². The second kappa shape index (κ2) is 5.99. The number of para-hydroxylation sites is 2. The van der Waals surface area contributed by atoms with Crippen molar-refractivity contribution < 1.29 is 9.90 Å². The summed E-state index contributed by atoms with van der Waals surface area (Å²) >= 11 is 0. The number of nitrogens with zero attached hydrogens (tertiary/aromatic N) is 3. The van der Waals surface area contributed by atoms with Crippen molar-refractivity contribution in [2.24, 2.45) is 0 Å². The first-order chi connectivity index (χ1) is 12.5. The van der Waals surface area contributed by atoms with Crippen molar-refractivity contribution in [1.29, 1.82) is 0 Å². The number of carbonyl (C=O) groups is 1. The van der Waals surface area contributed by atoms with Gasteiger partial charge in [0.1, 0.15) is 18.1 Å². The molecule has 2 aromatic carbocycles. The maximum atomic E-state index is 12.6. The molecule has 0 fully saturated rings. The predicted octanol–water partition coefficient (Wildman–Crippen LogP) is 1.93. The van der Waals surface area contributed by atoms with Crippen molar-refractivity contribution in [2.45, 2.75) is 13.5 Å². The minimum Gasteiger partial charge on any atom is -0.508 e. The van der Waals surface area contributed by atoms with Gasteiger partial charge in [-0.3, -0.25) is 19.5 Å². The van der Waals surface area contributed by atoms with Gasteiger partial charge in [0, 0.05) is 0 Å². The zero-order chi connectivity index (χ0) is 18.3. The van der Waals surface area contributed by atoms with Crippen LogP contribution >= 0.6 is 0 Å². The van der Waals surface area contributed by atoms with E-state index in [1.807, 2.05) is 24.3 Å². The lowest BCUT2D eigenvalue weighted by atomic mass is 10.2. The average molecular weight is 349 g/mol. The maximum absolute atomic E-state index is 12.6. The number of hydrogen-bond donors (Lipinski definition) is 3. The molecule has 26 heavy (non-hydrogen) atoms. The maximum Gasteiger partial charge on any atom is 0.261 e. The lowest BCUT2D eigenvalue weighted by Gasteiger charge is -2.10. The Morgan fingerprint density at radius 3 is 2.81 bits per heavy atom. The summed E-state index contributed by atoms with van der Waals surface area (Å²) in [5.74, 6) is 0.287. The van der Waals surface area contributed by atoms with Gasteiger partial charge in [0.15, 0.2) is 0 Å². The quantitative estimate of drug-likeness (QED) is 0.523. The molecule has 0 aliphatic rings. The molecule has 130 valence electrons. The van der Waals surface area contributed by atoms with Gasteiger partial charge in [-0.05, 0) is 37.3 Å². The third kappa shape index (κ3) is 2.77. The van der Waals surface area contributed by atoms with E-state index in [0.29, 0.717) is 17.3 Å². The molecule has 0 atom stereocenters. The lowest BCUT2D eigenvalue weighted by Crippen LogP contribution is -2.30. The molecule has 0 saturated carbocycles. The molecule has 0 saturated heterocycles. The van der Waals surface area contributed by atoms with Crippen LogP contribution in [0.4, 0.5) is 5.95 Å². The number of amides is 1. The third-order valence-corrected chi connectivity index (χ3v) is 4.08. The number of aromatic nitrogens is 4. The molecule has 0 spiro atoms. The van der Waals surface area contributed by atoms with Gasteiger partial charge in [-0.25, -0.2) is 9.97 Å². The second-order valence-electron chi connectivity index (χ2n) is 5.90. The number of hydrogen-bond acceptors (Lipinski definition) is 5. The van der Waals surface area contributed by atoms with Crippen LogP contribution in [0.5, 0.6) is 5.75 Å². The van der Waals surface area contributed by atoms with Gasteiger partial charge < -0.3 is 10.1 Å². The summed E-state index contributed by atoms with van der Waals surface area (Å²) in [6.07, 6.45) is 0. The van der Waals surface area contributed by atoms with E-state index < -0.39 is 5.91 Å². The fraction of sp³-hybridized carbons (Fsp3) is 0.111. The zero-order valence-electron chi connectivity index (χ0n) is 13.9. The van der Waals surface area contributed by atoms with Gasteiger partial charge in [0.25, 0.3) is 5.56 Å². The molecular formula is C18H15N5O3. The highest BCUT2D eigenvalue weighted by atomic mass is 16.3. The van der Waals surface area contributed by atoms with Crippen molar-refractivity contribution >= 4 is 33.8 Å². The summed E-state index contributed by atoms with van der Waals surface area (Å²) < 4.78 is 1.26. The molecule has 0 bridgehead atoms. The van der Waals surface area contributed by atoms with Gasteiger partial charge >= 0.3 is 0 Å². The number of aryl methyl sites for hydroxylation is 1. The molecule has 4 rings (SSSR count). The van der Waals surface area contributed by atoms with Gasteiger partial charge in [-0.15, -0.1) is 0 Å². The summed E-state index contributed by atoms with van der Waals surface area (Å²) in [6, 6.07) is 11.8. The average Bonchev–Trinajstić information content (AvgIpc) is 3.01. The van der Waals surface area contributed by atoms with Crippen LogP contribution in [0.15, 0.2) is 47.3 Å². The summed E-state index contributed by atoms with van der Waals surface area (Å²) in [4.78, 5) is 36.6. The lowest BCUT2D eigenvalue weighted by molar-refractivity contribution is -0.116. The van der Waals surface area contributed by atoms with E-state index in [1.165, 1.54) is 16.7 Å². The summed E-state index contributed by atoms with van der Waals surface area (Å²) in [5.41, 5.74) is 1.63. The number of carbonyl (C=O) groups excluding carboxylic acids is 1. The number of nitrogens with one attached hydrogen (secondary N) is 2. The molecule has 0 radical (unpaired) electrons. The van der Waals surface area contributed by atoms with Crippen LogP contribution in [-0.2, 0) is 11.3 Å². The minimum atomic E-state index is -0.407. The van der Waals surface area contributed by atoms with Crippen LogP contribution in [0.25, 0.3) is 21.9 Å². The molecule has 0 unspecified atom stereocenters. The first kappa shape index (κ1) is 15.8. The van der Waals surface area contributed by atoms with Gasteiger partial charge in [-0.2, -0.15) is 0 Å². The van der Waals surface area contributed by atoms with E-state index in [0.717, 1.165) is 11.0 Å². The molecule has 8 nitrogen and oxygen atoms in total. The van der Waals surface area contributed by atoms with Crippen LogP contribution in [0.2, 0.25) is 0 Å². The smallest absolute Gasteiger partial charge is 0.261 e. The Hall–Kier alpha value is -3.68. The summed E-state index contributed by atoms with van der Waals surface area (Å²) in [6.45, 7) is 1.45. The van der Waals surface area contributed by atoms with Crippen molar-refractivity contribution in [3.8, 4) is 5.75 Å². The Morgan fingerprint density at radius 1 is 1.19 bits per heavy atom. The highest BCUT2D eigenvalue weighted by Crippen LogP contribution is 2.16. The first-order valence-electron chi connectivity index (χ1n) is 7.96. The molecule has 0 aliphatic heterocycles. The van der Waals surface area contributed by atoms with Crippen molar-refractivity contribution in [1.82, 2.24) is 19.5 Å². The number of anilines is 1. The SMILES string of the molecule is Cc1nc2ccc(O)cc2c(=O)n1CC(=O)Nc1nc2ccccc2[nH]1. The molecule has 4 aromatic rings. The van der Waals surface area contributed by atoms with Crippen LogP contribution in [0.3, 0.4) is 0 Å². The Bertz CT molecular complexity index is 1180. The zero-order valence-corrected chi connectivity index (χ0v) is 13.9. The first-order valence-corrected chi connectivity index (χ1v) is 7.96. The van der Waals surface area contributed by atoms with E-state index >= 15 is 0 Å². The normalized spacial score (nSPS) is 11.1. The van der Waals surface area contributed by atoms with E-state index in [4.69, 9.17) is 0 Å². The number of benzene rings is 2. The van der Waals surface area contributed by atoms with E-state index in [-0.39, 0.29) is 23.2 Å². The van der Waals surface area contributed by atoms with Crippen LogP contribution in [0.1, 0.15) is 5.82 Å². The minimum absolute atomic E-state index is 0.0291. The standard InChI is InChI=1S/C18H15N5O3/c1-10-19-13-7-6-11(24)8-12(13)17(26)23(10)9-16(25)22-18-20-14-4-2-3-5-15(14)21-18/h2-8,24H,9H2,1H3,(H2,20,21,22,25). The topological polar surface area (TPSA) is 113 Å². The van der Waals surface area contributed by atoms with Crippen LogP contribution in [-0.4, -0.2) is 30.5 Å². The number of phenolic OH excluding ortho intramolecular Hbond substituents is 1. The monoisotopic (exact) mass is 349 g/mol. The van der Waals surface area contributed by atoms with E-state index in [2.05, 4.69) is 20.3 Å². The molecular weight excluding hydrogens is 334 g/mol. The Balaban J connectivity index is 1.63. The molecule has 1 amide bonds. The fourth-order valence-corrected chi connectivity index (χ4v) is 2.83. The Kier molecular flexibility index (Phi) is 3.65. The summed E-state index contributed by atoms with van der Waals surface area (Å²) in [5, 5.41) is 12.5. The number of rotatable bonds is 3. The van der Waals surface area contributed by atoms with Crippen molar-refractivity contribution in [3.63, 3.8) is 0 Å². The van der Waals surface area contributed by atoms with Gasteiger partial charge in [0.05, 0.1) is 21.9 Å². The number of imidazole rings is 1. The van der Waals surface area contributed by atoms with Crippen LogP contribution in [0, 0.1) is 6.92 Å². The Labute approximate surface area is 147 Å².